The smallest absolute Gasteiger partial charge is 0.271 e. The summed E-state index contributed by atoms with van der Waals surface area (Å²) in [6, 6.07) is 7.58. The average molecular weight is 409 g/mol. The molecule has 0 atom stereocenters. The first kappa shape index (κ1) is 20.0. The highest BCUT2D eigenvalue weighted by atomic mass is 16.5. The van der Waals surface area contributed by atoms with Crippen LogP contribution < -0.4 is 19.7 Å². The molecule has 158 valence electrons. The highest BCUT2D eigenvalue weighted by Crippen LogP contribution is 2.28. The standard InChI is InChI=1S/C22H27N5O3/c1-15-14-27-18(21(24-15)26-10-4-5-11-26)13-17(25-27)22(28)23-9-8-16-6-7-19(29-2)20(12-16)30-3/h6-7,12-14H,4-5,8-11H2,1-3H3,(H,23,28). The summed E-state index contributed by atoms with van der Waals surface area (Å²) in [5.41, 5.74) is 3.20. The van der Waals surface area contributed by atoms with Gasteiger partial charge >= 0.3 is 0 Å². The number of aromatic nitrogens is 3. The Morgan fingerprint density at radius 3 is 2.63 bits per heavy atom. The van der Waals surface area contributed by atoms with Crippen molar-refractivity contribution in [2.24, 2.45) is 0 Å². The minimum absolute atomic E-state index is 0.191. The summed E-state index contributed by atoms with van der Waals surface area (Å²) < 4.78 is 12.4. The Labute approximate surface area is 175 Å². The third-order valence-electron chi connectivity index (χ3n) is 5.34. The van der Waals surface area contributed by atoms with Crippen molar-refractivity contribution in [3.8, 4) is 11.5 Å². The summed E-state index contributed by atoms with van der Waals surface area (Å²) in [4.78, 5) is 19.6. The largest absolute Gasteiger partial charge is 0.493 e. The molecule has 1 saturated heterocycles. The molecule has 1 amide bonds. The van der Waals surface area contributed by atoms with Gasteiger partial charge in [0.05, 0.1) is 26.1 Å². The number of rotatable bonds is 7. The fourth-order valence-corrected chi connectivity index (χ4v) is 3.81. The predicted molar refractivity (Wildman–Crippen MR) is 115 cm³/mol. The Kier molecular flexibility index (Phi) is 5.74. The minimum atomic E-state index is -0.191. The van der Waals surface area contributed by atoms with E-state index in [0.29, 0.717) is 30.2 Å². The van der Waals surface area contributed by atoms with Crippen molar-refractivity contribution < 1.29 is 14.3 Å². The van der Waals surface area contributed by atoms with E-state index in [1.165, 1.54) is 12.8 Å². The number of fused-ring (bicyclic) bond motifs is 1. The third-order valence-corrected chi connectivity index (χ3v) is 5.34. The molecule has 3 heterocycles. The van der Waals surface area contributed by atoms with Gasteiger partial charge in [0, 0.05) is 25.7 Å². The van der Waals surface area contributed by atoms with Gasteiger partial charge in [-0.15, -0.1) is 0 Å². The molecule has 8 heteroatoms. The summed E-state index contributed by atoms with van der Waals surface area (Å²) in [5, 5.41) is 7.44. The lowest BCUT2D eigenvalue weighted by Crippen LogP contribution is -2.26. The van der Waals surface area contributed by atoms with Gasteiger partial charge in [-0.05, 0) is 43.9 Å². The van der Waals surface area contributed by atoms with Crippen LogP contribution in [-0.2, 0) is 6.42 Å². The molecule has 0 unspecified atom stereocenters. The quantitative estimate of drug-likeness (QED) is 0.646. The number of benzene rings is 1. The van der Waals surface area contributed by atoms with E-state index >= 15 is 0 Å². The van der Waals surface area contributed by atoms with Gasteiger partial charge in [0.15, 0.2) is 23.0 Å². The molecule has 3 aromatic rings. The minimum Gasteiger partial charge on any atom is -0.493 e. The first-order valence-electron chi connectivity index (χ1n) is 10.2. The molecule has 1 fully saturated rings. The number of carbonyl (C=O) groups excluding carboxylic acids is 1. The summed E-state index contributed by atoms with van der Waals surface area (Å²) in [5.74, 6) is 2.08. The summed E-state index contributed by atoms with van der Waals surface area (Å²) in [6.45, 7) is 4.43. The molecule has 30 heavy (non-hydrogen) atoms. The monoisotopic (exact) mass is 409 g/mol. The Morgan fingerprint density at radius 2 is 1.90 bits per heavy atom. The van der Waals surface area contributed by atoms with E-state index in [0.717, 1.165) is 35.7 Å². The predicted octanol–water partition coefficient (Wildman–Crippen LogP) is 2.63. The van der Waals surface area contributed by atoms with Crippen LogP contribution >= 0.6 is 0 Å². The van der Waals surface area contributed by atoms with E-state index in [4.69, 9.17) is 14.5 Å². The maximum absolute atomic E-state index is 12.7. The highest BCUT2D eigenvalue weighted by molar-refractivity contribution is 5.94. The number of nitrogens with zero attached hydrogens (tertiary/aromatic N) is 4. The Hall–Kier alpha value is -3.29. The second-order valence-corrected chi connectivity index (χ2v) is 7.45. The number of amides is 1. The molecule has 0 bridgehead atoms. The van der Waals surface area contributed by atoms with E-state index < -0.39 is 0 Å². The van der Waals surface area contributed by atoms with Crippen LogP contribution in [0.15, 0.2) is 30.5 Å². The van der Waals surface area contributed by atoms with Gasteiger partial charge in [0.1, 0.15) is 5.52 Å². The van der Waals surface area contributed by atoms with Gasteiger partial charge in [-0.25, -0.2) is 9.50 Å². The zero-order chi connectivity index (χ0) is 21.1. The highest BCUT2D eigenvalue weighted by Gasteiger charge is 2.20. The number of aryl methyl sites for hydroxylation is 1. The van der Waals surface area contributed by atoms with Crippen LogP contribution in [0.5, 0.6) is 11.5 Å². The lowest BCUT2D eigenvalue weighted by molar-refractivity contribution is 0.0949. The number of carbonyl (C=O) groups is 1. The second kappa shape index (κ2) is 8.61. The van der Waals surface area contributed by atoms with Crippen LogP contribution in [0, 0.1) is 6.92 Å². The second-order valence-electron chi connectivity index (χ2n) is 7.45. The molecular weight excluding hydrogens is 382 g/mol. The maximum atomic E-state index is 12.7. The maximum Gasteiger partial charge on any atom is 0.271 e. The molecule has 2 aromatic heterocycles. The van der Waals surface area contributed by atoms with Crippen LogP contribution in [-0.4, -0.2) is 54.4 Å². The van der Waals surface area contributed by atoms with E-state index in [1.54, 1.807) is 18.7 Å². The Bertz CT molecular complexity index is 1060. The fourth-order valence-electron chi connectivity index (χ4n) is 3.81. The van der Waals surface area contributed by atoms with Crippen LogP contribution in [0.4, 0.5) is 5.82 Å². The van der Waals surface area contributed by atoms with Crippen LogP contribution in [0.1, 0.15) is 34.6 Å². The van der Waals surface area contributed by atoms with Gasteiger partial charge in [-0.1, -0.05) is 6.07 Å². The molecule has 0 radical (unpaired) electrons. The molecule has 4 rings (SSSR count). The van der Waals surface area contributed by atoms with E-state index in [-0.39, 0.29) is 5.91 Å². The summed E-state index contributed by atoms with van der Waals surface area (Å²) >= 11 is 0. The lowest BCUT2D eigenvalue weighted by Gasteiger charge is -2.17. The van der Waals surface area contributed by atoms with Crippen molar-refractivity contribution in [2.75, 3.05) is 38.8 Å². The topological polar surface area (TPSA) is 81.0 Å². The molecule has 0 spiro atoms. The number of hydrogen-bond donors (Lipinski definition) is 1. The van der Waals surface area contributed by atoms with E-state index in [2.05, 4.69) is 15.3 Å². The van der Waals surface area contributed by atoms with E-state index in [1.807, 2.05) is 37.4 Å². The zero-order valence-corrected chi connectivity index (χ0v) is 17.6. The van der Waals surface area contributed by atoms with Gasteiger partial charge in [-0.2, -0.15) is 5.10 Å². The third kappa shape index (κ3) is 4.03. The first-order valence-corrected chi connectivity index (χ1v) is 10.2. The molecule has 1 N–H and O–H groups in total. The van der Waals surface area contributed by atoms with Crippen LogP contribution in [0.3, 0.4) is 0 Å². The Balaban J connectivity index is 1.45. The number of ether oxygens (including phenoxy) is 2. The van der Waals surface area contributed by atoms with Crippen molar-refractivity contribution in [3.05, 3.63) is 47.4 Å². The van der Waals surface area contributed by atoms with Crippen molar-refractivity contribution in [1.29, 1.82) is 0 Å². The molecule has 1 aliphatic rings. The SMILES string of the molecule is COc1ccc(CCNC(=O)c2cc3c(N4CCCC4)nc(C)cn3n2)cc1OC. The van der Waals surface area contributed by atoms with E-state index in [9.17, 15) is 4.79 Å². The first-order chi connectivity index (χ1) is 14.6. The van der Waals surface area contributed by atoms with Gasteiger partial charge < -0.3 is 19.7 Å². The molecule has 0 saturated carbocycles. The summed E-state index contributed by atoms with van der Waals surface area (Å²) in [7, 11) is 3.22. The van der Waals surface area contributed by atoms with Crippen molar-refractivity contribution in [1.82, 2.24) is 19.9 Å². The number of anilines is 1. The van der Waals surface area contributed by atoms with Gasteiger partial charge in [0.25, 0.3) is 5.91 Å². The van der Waals surface area contributed by atoms with Crippen LogP contribution in [0.2, 0.25) is 0 Å². The van der Waals surface area contributed by atoms with Crippen molar-refractivity contribution >= 4 is 17.2 Å². The normalized spacial score (nSPS) is 13.6. The fraction of sp³-hybridized carbons (Fsp3) is 0.409. The van der Waals surface area contributed by atoms with Gasteiger partial charge in [-0.3, -0.25) is 4.79 Å². The molecule has 1 aromatic carbocycles. The number of methoxy groups -OCH3 is 2. The average Bonchev–Trinajstić information content (AvgIpc) is 3.43. The Morgan fingerprint density at radius 1 is 1.13 bits per heavy atom. The number of hydrogen-bond acceptors (Lipinski definition) is 6. The summed E-state index contributed by atoms with van der Waals surface area (Å²) in [6.07, 6.45) is 4.87. The lowest BCUT2D eigenvalue weighted by atomic mass is 10.1. The van der Waals surface area contributed by atoms with Crippen LogP contribution in [0.25, 0.3) is 5.52 Å². The molecular formula is C22H27N5O3. The molecule has 0 aliphatic carbocycles. The molecule has 8 nitrogen and oxygen atoms in total. The number of nitrogens with one attached hydrogen (secondary N) is 1. The van der Waals surface area contributed by atoms with Crippen molar-refractivity contribution in [2.45, 2.75) is 26.2 Å². The zero-order valence-electron chi connectivity index (χ0n) is 17.6. The molecule has 1 aliphatic heterocycles. The van der Waals surface area contributed by atoms with Gasteiger partial charge in [0.2, 0.25) is 0 Å². The van der Waals surface area contributed by atoms with Crippen molar-refractivity contribution in [3.63, 3.8) is 0 Å².